The number of amides is 1. The van der Waals surface area contributed by atoms with Crippen LogP contribution < -0.4 is 0 Å². The minimum Gasteiger partial charge on any atom is -0.383 e. The van der Waals surface area contributed by atoms with Gasteiger partial charge in [0.05, 0.1) is 13.2 Å². The van der Waals surface area contributed by atoms with Crippen LogP contribution in [-0.2, 0) is 16.1 Å². The average molecular weight is 321 g/mol. The molecule has 7 heteroatoms. The molecule has 1 aliphatic heterocycles. The van der Waals surface area contributed by atoms with Crippen molar-refractivity contribution >= 4 is 17.5 Å². The predicted octanol–water partition coefficient (Wildman–Crippen LogP) is 2.15. The zero-order chi connectivity index (χ0) is 15.7. The van der Waals surface area contributed by atoms with Gasteiger partial charge in [-0.05, 0) is 31.2 Å². The van der Waals surface area contributed by atoms with Crippen LogP contribution in [0.2, 0.25) is 5.02 Å². The van der Waals surface area contributed by atoms with Gasteiger partial charge < -0.3 is 9.64 Å². The SMILES string of the molecule is COCCN1Cc2nnc(-c3ccc(Cl)cc3)n2[C@@H](C)C1=O. The van der Waals surface area contributed by atoms with Crippen molar-refractivity contribution in [1.82, 2.24) is 19.7 Å². The first-order valence-corrected chi connectivity index (χ1v) is 7.47. The van der Waals surface area contributed by atoms with Gasteiger partial charge in [-0.1, -0.05) is 11.6 Å². The minimum absolute atomic E-state index is 0.0552. The number of ether oxygens (including phenoxy) is 1. The van der Waals surface area contributed by atoms with Crippen LogP contribution >= 0.6 is 11.6 Å². The Labute approximate surface area is 133 Å². The highest BCUT2D eigenvalue weighted by Crippen LogP contribution is 2.28. The van der Waals surface area contributed by atoms with Crippen LogP contribution in [0.15, 0.2) is 24.3 Å². The van der Waals surface area contributed by atoms with Crippen LogP contribution in [0, 0.1) is 0 Å². The molecule has 1 atom stereocenters. The maximum atomic E-state index is 12.5. The van der Waals surface area contributed by atoms with Gasteiger partial charge in [-0.25, -0.2) is 0 Å². The van der Waals surface area contributed by atoms with E-state index in [0.29, 0.717) is 30.5 Å². The molecule has 0 fully saturated rings. The Bertz CT molecular complexity index is 683. The van der Waals surface area contributed by atoms with Crippen LogP contribution in [0.5, 0.6) is 0 Å². The minimum atomic E-state index is -0.332. The molecule has 0 unspecified atom stereocenters. The molecule has 1 aliphatic rings. The summed E-state index contributed by atoms with van der Waals surface area (Å²) in [4.78, 5) is 14.3. The molecular weight excluding hydrogens is 304 g/mol. The maximum Gasteiger partial charge on any atom is 0.245 e. The van der Waals surface area contributed by atoms with Crippen LogP contribution in [0.3, 0.4) is 0 Å². The molecule has 0 saturated carbocycles. The summed E-state index contributed by atoms with van der Waals surface area (Å²) in [5.74, 6) is 1.53. The van der Waals surface area contributed by atoms with Crippen molar-refractivity contribution < 1.29 is 9.53 Å². The van der Waals surface area contributed by atoms with Gasteiger partial charge >= 0.3 is 0 Å². The van der Waals surface area contributed by atoms with Crippen molar-refractivity contribution in [2.75, 3.05) is 20.3 Å². The monoisotopic (exact) mass is 320 g/mol. The summed E-state index contributed by atoms with van der Waals surface area (Å²) in [6.07, 6.45) is 0. The van der Waals surface area contributed by atoms with Crippen LogP contribution in [0.4, 0.5) is 0 Å². The van der Waals surface area contributed by atoms with Gasteiger partial charge in [-0.15, -0.1) is 10.2 Å². The molecule has 0 aliphatic carbocycles. The summed E-state index contributed by atoms with van der Waals surface area (Å²) >= 11 is 5.92. The Morgan fingerprint density at radius 2 is 2.05 bits per heavy atom. The predicted molar refractivity (Wildman–Crippen MR) is 82.5 cm³/mol. The molecule has 6 nitrogen and oxygen atoms in total. The standard InChI is InChI=1S/C15H17ClN4O2/c1-10-15(21)19(7-8-22-2)9-13-17-18-14(20(10)13)11-3-5-12(16)6-4-11/h3-6,10H,7-9H2,1-2H3/t10-/m0/s1. The van der Waals surface area contributed by atoms with E-state index < -0.39 is 0 Å². The number of halogens is 1. The van der Waals surface area contributed by atoms with Gasteiger partial charge in [0.15, 0.2) is 11.6 Å². The number of carbonyl (C=O) groups excluding carboxylic acids is 1. The molecule has 1 amide bonds. The van der Waals surface area contributed by atoms with Gasteiger partial charge in [0, 0.05) is 24.2 Å². The Morgan fingerprint density at radius 3 is 2.73 bits per heavy atom. The van der Waals surface area contributed by atoms with Crippen LogP contribution in [0.1, 0.15) is 18.8 Å². The molecule has 2 heterocycles. The summed E-state index contributed by atoms with van der Waals surface area (Å²) in [5, 5.41) is 9.16. The average Bonchev–Trinajstić information content (AvgIpc) is 2.94. The summed E-state index contributed by atoms with van der Waals surface area (Å²) < 4.78 is 6.95. The third-order valence-electron chi connectivity index (χ3n) is 3.82. The fourth-order valence-electron chi connectivity index (χ4n) is 2.65. The lowest BCUT2D eigenvalue weighted by Gasteiger charge is -2.31. The Morgan fingerprint density at radius 1 is 1.32 bits per heavy atom. The first kappa shape index (κ1) is 15.0. The Hall–Kier alpha value is -1.92. The lowest BCUT2D eigenvalue weighted by atomic mass is 10.1. The molecule has 3 rings (SSSR count). The molecule has 2 aromatic rings. The highest BCUT2D eigenvalue weighted by Gasteiger charge is 2.33. The quantitative estimate of drug-likeness (QED) is 0.866. The second kappa shape index (κ2) is 6.06. The molecule has 0 saturated heterocycles. The third-order valence-corrected chi connectivity index (χ3v) is 4.07. The lowest BCUT2D eigenvalue weighted by Crippen LogP contribution is -2.43. The Kier molecular flexibility index (Phi) is 4.13. The fourth-order valence-corrected chi connectivity index (χ4v) is 2.77. The van der Waals surface area contributed by atoms with E-state index >= 15 is 0 Å². The molecule has 0 N–H and O–H groups in total. The molecule has 22 heavy (non-hydrogen) atoms. The second-order valence-corrected chi connectivity index (χ2v) is 5.68. The number of fused-ring (bicyclic) bond motifs is 1. The normalized spacial score (nSPS) is 17.7. The van der Waals surface area contributed by atoms with E-state index in [0.717, 1.165) is 11.4 Å². The van der Waals surface area contributed by atoms with Crippen molar-refractivity contribution in [3.63, 3.8) is 0 Å². The molecule has 0 spiro atoms. The number of aromatic nitrogens is 3. The number of benzene rings is 1. The van der Waals surface area contributed by atoms with Gasteiger partial charge in [0.2, 0.25) is 5.91 Å². The highest BCUT2D eigenvalue weighted by molar-refractivity contribution is 6.30. The zero-order valence-corrected chi connectivity index (χ0v) is 13.2. The van der Waals surface area contributed by atoms with E-state index in [-0.39, 0.29) is 11.9 Å². The maximum absolute atomic E-state index is 12.5. The number of methoxy groups -OCH3 is 1. The topological polar surface area (TPSA) is 60.2 Å². The number of nitrogens with zero attached hydrogens (tertiary/aromatic N) is 4. The number of hydrogen-bond donors (Lipinski definition) is 0. The first-order chi connectivity index (χ1) is 10.6. The molecule has 1 aromatic carbocycles. The van der Waals surface area contributed by atoms with E-state index in [1.807, 2.05) is 23.6 Å². The van der Waals surface area contributed by atoms with Crippen LogP contribution in [0.25, 0.3) is 11.4 Å². The molecule has 0 radical (unpaired) electrons. The van der Waals surface area contributed by atoms with Gasteiger partial charge in [0.25, 0.3) is 0 Å². The zero-order valence-electron chi connectivity index (χ0n) is 12.5. The first-order valence-electron chi connectivity index (χ1n) is 7.09. The largest absolute Gasteiger partial charge is 0.383 e. The second-order valence-electron chi connectivity index (χ2n) is 5.25. The van der Waals surface area contributed by atoms with Crippen molar-refractivity contribution in [1.29, 1.82) is 0 Å². The molecule has 116 valence electrons. The number of carbonyl (C=O) groups is 1. The van der Waals surface area contributed by atoms with E-state index in [4.69, 9.17) is 16.3 Å². The summed E-state index contributed by atoms with van der Waals surface area (Å²) in [6, 6.07) is 7.04. The summed E-state index contributed by atoms with van der Waals surface area (Å²) in [6.45, 7) is 3.39. The molecular formula is C15H17ClN4O2. The van der Waals surface area contributed by atoms with Crippen molar-refractivity contribution in [2.45, 2.75) is 19.5 Å². The highest BCUT2D eigenvalue weighted by atomic mass is 35.5. The van der Waals surface area contributed by atoms with Gasteiger partial charge in [-0.2, -0.15) is 0 Å². The van der Waals surface area contributed by atoms with E-state index in [1.54, 1.807) is 24.1 Å². The Balaban J connectivity index is 1.95. The van der Waals surface area contributed by atoms with Crippen molar-refractivity contribution in [2.24, 2.45) is 0 Å². The van der Waals surface area contributed by atoms with Gasteiger partial charge in [-0.3, -0.25) is 9.36 Å². The molecule has 0 bridgehead atoms. The van der Waals surface area contributed by atoms with E-state index in [2.05, 4.69) is 10.2 Å². The summed E-state index contributed by atoms with van der Waals surface area (Å²) in [5.41, 5.74) is 0.896. The van der Waals surface area contributed by atoms with Gasteiger partial charge in [0.1, 0.15) is 6.04 Å². The lowest BCUT2D eigenvalue weighted by molar-refractivity contribution is -0.137. The van der Waals surface area contributed by atoms with Crippen molar-refractivity contribution in [3.8, 4) is 11.4 Å². The van der Waals surface area contributed by atoms with Crippen molar-refractivity contribution in [3.05, 3.63) is 35.1 Å². The smallest absolute Gasteiger partial charge is 0.245 e. The number of rotatable bonds is 4. The fraction of sp³-hybridized carbons (Fsp3) is 0.400. The van der Waals surface area contributed by atoms with E-state index in [9.17, 15) is 4.79 Å². The molecule has 1 aromatic heterocycles. The van der Waals surface area contributed by atoms with Crippen LogP contribution in [-0.4, -0.2) is 45.8 Å². The van der Waals surface area contributed by atoms with E-state index in [1.165, 1.54) is 0 Å². The number of hydrogen-bond acceptors (Lipinski definition) is 4. The third kappa shape index (κ3) is 2.60. The summed E-state index contributed by atoms with van der Waals surface area (Å²) in [7, 11) is 1.62.